The van der Waals surface area contributed by atoms with Crippen LogP contribution in [0.4, 0.5) is 0 Å². The van der Waals surface area contributed by atoms with Crippen molar-refractivity contribution >= 4 is 38.2 Å². The van der Waals surface area contributed by atoms with Crippen molar-refractivity contribution in [2.75, 3.05) is 0 Å². The van der Waals surface area contributed by atoms with Gasteiger partial charge in [-0.25, -0.2) is 0 Å². The van der Waals surface area contributed by atoms with Crippen LogP contribution < -0.4 is 4.52 Å². The maximum absolute atomic E-state index is 9.96. The van der Waals surface area contributed by atoms with Gasteiger partial charge < -0.3 is 4.52 Å². The second-order valence-electron chi connectivity index (χ2n) is 1.53. The van der Waals surface area contributed by atoms with Gasteiger partial charge in [-0.1, -0.05) is 18.2 Å². The van der Waals surface area contributed by atoms with Crippen molar-refractivity contribution in [3.05, 3.63) is 30.3 Å². The van der Waals surface area contributed by atoms with E-state index < -0.39 is 8.69 Å². The summed E-state index contributed by atoms with van der Waals surface area (Å²) in [7, 11) is -1.12. The number of para-hydroxylation sites is 1. The van der Waals surface area contributed by atoms with Crippen LogP contribution in [-0.2, 0) is 4.57 Å². The molecule has 50 valence electrons. The number of rotatable bonds is 2. The molecule has 10 heavy (non-hydrogen) atoms. The van der Waals surface area contributed by atoms with E-state index in [1.54, 1.807) is 12.1 Å². The minimum atomic E-state index is -1.12. The van der Waals surface area contributed by atoms with E-state index in [0.29, 0.717) is 5.75 Å². The summed E-state index contributed by atoms with van der Waals surface area (Å²) in [5.74, 6) is 0.669. The van der Waals surface area contributed by atoms with Gasteiger partial charge in [0, 0.05) is 0 Å². The third-order valence-corrected chi connectivity index (χ3v) is 1.30. The van der Waals surface area contributed by atoms with Crippen LogP contribution in [0.15, 0.2) is 30.3 Å². The van der Waals surface area contributed by atoms with Crippen molar-refractivity contribution in [2.24, 2.45) is 0 Å². The Morgan fingerprint density at radius 2 is 1.80 bits per heavy atom. The zero-order chi connectivity index (χ0) is 6.53. The van der Waals surface area contributed by atoms with Crippen LogP contribution >= 0.6 is 8.69 Å². The van der Waals surface area contributed by atoms with E-state index in [-0.39, 0.29) is 29.6 Å². The molecular formula is C6H8NaO2P. The van der Waals surface area contributed by atoms with Crippen LogP contribution in [0.25, 0.3) is 0 Å². The van der Waals surface area contributed by atoms with Gasteiger partial charge in [-0.2, -0.15) is 0 Å². The van der Waals surface area contributed by atoms with Crippen LogP contribution in [0.2, 0.25) is 0 Å². The zero-order valence-corrected chi connectivity index (χ0v) is 5.94. The Morgan fingerprint density at radius 3 is 2.30 bits per heavy atom. The molecule has 1 rings (SSSR count). The second kappa shape index (κ2) is 5.99. The summed E-state index contributed by atoms with van der Waals surface area (Å²) < 4.78 is 14.7. The molecule has 2 nitrogen and oxygen atoms in total. The molecule has 0 aliphatic carbocycles. The van der Waals surface area contributed by atoms with Crippen LogP contribution in [0.3, 0.4) is 0 Å². The Hall–Kier alpha value is 0.250. The van der Waals surface area contributed by atoms with Gasteiger partial charge in [0.25, 0.3) is 0 Å². The van der Waals surface area contributed by atoms with Gasteiger partial charge in [0.05, 0.1) is 0 Å². The van der Waals surface area contributed by atoms with Crippen molar-refractivity contribution in [2.45, 2.75) is 0 Å². The molecule has 0 aromatic heterocycles. The number of hydrogen-bond donors (Lipinski definition) is 0. The summed E-state index contributed by atoms with van der Waals surface area (Å²) in [6.45, 7) is 0. The number of hydrogen-bond acceptors (Lipinski definition) is 2. The van der Waals surface area contributed by atoms with Crippen LogP contribution in [-0.4, -0.2) is 29.6 Å². The SMILES string of the molecule is O=[PH2]Oc1ccccc1.[NaH]. The molecule has 0 N–H and O–H groups in total. The molecule has 1 aromatic rings. The molecule has 4 heteroatoms. The molecule has 0 bridgehead atoms. The summed E-state index contributed by atoms with van der Waals surface area (Å²) in [6.07, 6.45) is 0. The van der Waals surface area contributed by atoms with Crippen LogP contribution in [0, 0.1) is 0 Å². The minimum absolute atomic E-state index is 0. The molecular weight excluding hydrogens is 158 g/mol. The van der Waals surface area contributed by atoms with Gasteiger partial charge in [0.1, 0.15) is 5.75 Å². The van der Waals surface area contributed by atoms with Gasteiger partial charge >= 0.3 is 29.6 Å². The summed E-state index contributed by atoms with van der Waals surface area (Å²) in [4.78, 5) is 0. The third-order valence-electron chi connectivity index (χ3n) is 0.927. The summed E-state index contributed by atoms with van der Waals surface area (Å²) in [6, 6.07) is 9.09. The first kappa shape index (κ1) is 10.2. The van der Waals surface area contributed by atoms with E-state index in [0.717, 1.165) is 0 Å². The molecule has 0 saturated heterocycles. The summed E-state index contributed by atoms with van der Waals surface area (Å²) in [5.41, 5.74) is 0. The van der Waals surface area contributed by atoms with Crippen molar-refractivity contribution in [1.29, 1.82) is 0 Å². The average Bonchev–Trinajstić information content (AvgIpc) is 1.91. The Bertz CT molecular complexity index is 190. The maximum atomic E-state index is 9.96. The van der Waals surface area contributed by atoms with Crippen LogP contribution in [0.1, 0.15) is 0 Å². The standard InChI is InChI=1S/C6H7O2P.Na.H/c7-9-8-6-4-2-1-3-5-6;;/h1-5H,9H2;;. The first-order valence-corrected chi connectivity index (χ1v) is 3.53. The van der Waals surface area contributed by atoms with Crippen molar-refractivity contribution in [3.63, 3.8) is 0 Å². The third kappa shape index (κ3) is 3.43. The predicted octanol–water partition coefficient (Wildman–Crippen LogP) is 1.09. The van der Waals surface area contributed by atoms with E-state index in [4.69, 9.17) is 4.52 Å². The molecule has 0 fully saturated rings. The fraction of sp³-hybridized carbons (Fsp3) is 0. The van der Waals surface area contributed by atoms with E-state index >= 15 is 0 Å². The normalized spacial score (nSPS) is 9.20. The monoisotopic (exact) mass is 166 g/mol. The van der Waals surface area contributed by atoms with Crippen LogP contribution in [0.5, 0.6) is 5.75 Å². The van der Waals surface area contributed by atoms with Crippen molar-refractivity contribution in [1.82, 2.24) is 0 Å². The van der Waals surface area contributed by atoms with E-state index in [9.17, 15) is 4.57 Å². The molecule has 0 radical (unpaired) electrons. The van der Waals surface area contributed by atoms with Crippen molar-refractivity contribution < 1.29 is 9.09 Å². The van der Waals surface area contributed by atoms with Gasteiger partial charge in [0.2, 0.25) is 8.69 Å². The van der Waals surface area contributed by atoms with E-state index in [1.165, 1.54) is 0 Å². The Morgan fingerprint density at radius 1 is 1.20 bits per heavy atom. The molecule has 0 amide bonds. The first-order chi connectivity index (χ1) is 4.43. The quantitative estimate of drug-likeness (QED) is 0.485. The summed E-state index contributed by atoms with van der Waals surface area (Å²) >= 11 is 0. The molecule has 1 aromatic carbocycles. The fourth-order valence-electron chi connectivity index (χ4n) is 0.555. The molecule has 1 atom stereocenters. The second-order valence-corrected chi connectivity index (χ2v) is 1.96. The summed E-state index contributed by atoms with van der Waals surface area (Å²) in [5, 5.41) is 0. The van der Waals surface area contributed by atoms with Crippen molar-refractivity contribution in [3.8, 4) is 5.75 Å². The van der Waals surface area contributed by atoms with Gasteiger partial charge in [-0.3, -0.25) is 4.57 Å². The number of benzene rings is 1. The average molecular weight is 166 g/mol. The van der Waals surface area contributed by atoms with Gasteiger partial charge in [-0.15, -0.1) is 0 Å². The predicted molar refractivity (Wildman–Crippen MR) is 44.6 cm³/mol. The Kier molecular flexibility index (Phi) is 6.14. The molecule has 0 spiro atoms. The van der Waals surface area contributed by atoms with E-state index in [2.05, 4.69) is 0 Å². The van der Waals surface area contributed by atoms with E-state index in [1.807, 2.05) is 18.2 Å². The Balaban J connectivity index is 0.000000810. The molecule has 0 heterocycles. The molecule has 0 aliphatic heterocycles. The van der Waals surface area contributed by atoms with Gasteiger partial charge in [0.15, 0.2) is 0 Å². The zero-order valence-electron chi connectivity index (χ0n) is 4.78. The Labute approximate surface area is 83.2 Å². The first-order valence-electron chi connectivity index (χ1n) is 2.59. The van der Waals surface area contributed by atoms with Gasteiger partial charge in [-0.05, 0) is 12.1 Å². The fourth-order valence-corrected chi connectivity index (χ4v) is 0.823. The molecule has 0 saturated carbocycles. The molecule has 0 aliphatic rings. The topological polar surface area (TPSA) is 26.3 Å². The molecule has 1 unspecified atom stereocenters.